The van der Waals surface area contributed by atoms with Crippen LogP contribution in [0.1, 0.15) is 22.9 Å². The predicted octanol–water partition coefficient (Wildman–Crippen LogP) is 4.36. The van der Waals surface area contributed by atoms with E-state index in [1.165, 1.54) is 7.11 Å². The largest absolute Gasteiger partial charge is 0.468 e. The lowest BCUT2D eigenvalue weighted by molar-refractivity contribution is -0.143. The van der Waals surface area contributed by atoms with Gasteiger partial charge >= 0.3 is 5.97 Å². The number of H-pyrrole nitrogens is 1. The maximum atomic E-state index is 12.2. The van der Waals surface area contributed by atoms with Crippen LogP contribution in [0, 0.1) is 0 Å². The van der Waals surface area contributed by atoms with Gasteiger partial charge in [-0.2, -0.15) is 0 Å². The molecule has 4 rings (SSSR count). The normalized spacial score (nSPS) is 19.6. The Kier molecular flexibility index (Phi) is 4.31. The second-order valence-electron chi connectivity index (χ2n) is 6.14. The van der Waals surface area contributed by atoms with Crippen molar-refractivity contribution in [3.8, 4) is 0 Å². The molecule has 0 spiro atoms. The Labute approximate surface area is 158 Å². The summed E-state index contributed by atoms with van der Waals surface area (Å²) in [4.78, 5) is 15.7. The van der Waals surface area contributed by atoms with Gasteiger partial charge in [0.2, 0.25) is 0 Å². The molecule has 6 heteroatoms. The Hall–Kier alpha value is -1.82. The van der Waals surface area contributed by atoms with Gasteiger partial charge in [-0.25, -0.2) is 0 Å². The van der Waals surface area contributed by atoms with Crippen molar-refractivity contribution in [1.82, 2.24) is 10.3 Å². The summed E-state index contributed by atoms with van der Waals surface area (Å²) < 4.78 is 5.99. The van der Waals surface area contributed by atoms with Crippen LogP contribution >= 0.6 is 27.5 Å². The van der Waals surface area contributed by atoms with Crippen molar-refractivity contribution in [2.45, 2.75) is 18.5 Å². The van der Waals surface area contributed by atoms with Crippen molar-refractivity contribution < 1.29 is 9.53 Å². The van der Waals surface area contributed by atoms with Gasteiger partial charge in [0.15, 0.2) is 0 Å². The summed E-state index contributed by atoms with van der Waals surface area (Å²) in [5, 5.41) is 5.16. The zero-order valence-electron chi connectivity index (χ0n) is 13.5. The lowest BCUT2D eigenvalue weighted by atomic mass is 9.90. The van der Waals surface area contributed by atoms with Gasteiger partial charge in [0.25, 0.3) is 0 Å². The Balaban J connectivity index is 1.88. The first-order chi connectivity index (χ1) is 12.1. The summed E-state index contributed by atoms with van der Waals surface area (Å²) >= 11 is 9.66. The molecule has 2 aromatic carbocycles. The smallest absolute Gasteiger partial charge is 0.323 e. The van der Waals surface area contributed by atoms with E-state index in [9.17, 15) is 4.79 Å². The number of aromatic nitrogens is 1. The fourth-order valence-electron chi connectivity index (χ4n) is 3.47. The molecule has 1 aliphatic heterocycles. The minimum absolute atomic E-state index is 0.118. The number of nitrogens with one attached hydrogen (secondary N) is 2. The molecule has 0 bridgehead atoms. The first-order valence-electron chi connectivity index (χ1n) is 7.96. The molecule has 0 aliphatic carbocycles. The number of rotatable bonds is 2. The minimum atomic E-state index is -0.399. The number of hydrogen-bond acceptors (Lipinski definition) is 3. The van der Waals surface area contributed by atoms with E-state index in [1.54, 1.807) is 0 Å². The number of carbonyl (C=O) groups is 1. The molecule has 2 atom stereocenters. The molecule has 0 saturated carbocycles. The van der Waals surface area contributed by atoms with Crippen molar-refractivity contribution in [3.63, 3.8) is 0 Å². The number of fused-ring (bicyclic) bond motifs is 3. The van der Waals surface area contributed by atoms with Gasteiger partial charge < -0.3 is 9.72 Å². The summed E-state index contributed by atoms with van der Waals surface area (Å²) in [5.74, 6) is -0.260. The van der Waals surface area contributed by atoms with Crippen LogP contribution in [0.4, 0.5) is 0 Å². The number of carbonyl (C=O) groups excluding carboxylic acids is 1. The van der Waals surface area contributed by atoms with E-state index >= 15 is 0 Å². The number of benzene rings is 2. The van der Waals surface area contributed by atoms with E-state index in [4.69, 9.17) is 16.3 Å². The highest BCUT2D eigenvalue weighted by Crippen LogP contribution is 2.36. The zero-order chi connectivity index (χ0) is 17.6. The standard InChI is InChI=1S/C19H16BrClN2O2/c1-25-19(24)16-9-14-13-8-12(21)6-7-15(13)22-18(14)17(23-16)10-2-4-11(20)5-3-10/h2-8,16-17,22-23H,9H2,1H3. The zero-order valence-corrected chi connectivity index (χ0v) is 15.8. The van der Waals surface area contributed by atoms with Gasteiger partial charge in [-0.3, -0.25) is 10.1 Å². The van der Waals surface area contributed by atoms with Gasteiger partial charge in [0, 0.05) is 32.5 Å². The maximum Gasteiger partial charge on any atom is 0.323 e. The monoisotopic (exact) mass is 418 g/mol. The van der Waals surface area contributed by atoms with E-state index in [1.807, 2.05) is 42.5 Å². The van der Waals surface area contributed by atoms with E-state index in [-0.39, 0.29) is 12.0 Å². The highest BCUT2D eigenvalue weighted by atomic mass is 79.9. The summed E-state index contributed by atoms with van der Waals surface area (Å²) in [6, 6.07) is 13.4. The first-order valence-corrected chi connectivity index (χ1v) is 9.13. The van der Waals surface area contributed by atoms with Crippen molar-refractivity contribution in [1.29, 1.82) is 0 Å². The van der Waals surface area contributed by atoms with Crippen molar-refractivity contribution in [2.75, 3.05) is 7.11 Å². The van der Waals surface area contributed by atoms with Crippen molar-refractivity contribution in [2.24, 2.45) is 0 Å². The molecular weight excluding hydrogens is 404 g/mol. The second-order valence-corrected chi connectivity index (χ2v) is 7.49. The molecule has 25 heavy (non-hydrogen) atoms. The van der Waals surface area contributed by atoms with Crippen molar-refractivity contribution >= 4 is 44.4 Å². The van der Waals surface area contributed by atoms with Crippen LogP contribution in [-0.2, 0) is 16.0 Å². The first kappa shape index (κ1) is 16.6. The highest BCUT2D eigenvalue weighted by Gasteiger charge is 2.34. The Morgan fingerprint density at radius 3 is 2.72 bits per heavy atom. The average molecular weight is 420 g/mol. The molecule has 3 aromatic rings. The van der Waals surface area contributed by atoms with Crippen LogP contribution in [0.15, 0.2) is 46.9 Å². The third-order valence-corrected chi connectivity index (χ3v) is 5.42. The summed E-state index contributed by atoms with van der Waals surface area (Å²) in [5.41, 5.74) is 4.28. The fourth-order valence-corrected chi connectivity index (χ4v) is 3.90. The highest BCUT2D eigenvalue weighted by molar-refractivity contribution is 9.10. The van der Waals surface area contributed by atoms with Gasteiger partial charge in [-0.05, 0) is 41.5 Å². The van der Waals surface area contributed by atoms with Crippen LogP contribution in [-0.4, -0.2) is 24.1 Å². The minimum Gasteiger partial charge on any atom is -0.468 e. The molecule has 4 nitrogen and oxygen atoms in total. The second kappa shape index (κ2) is 6.48. The molecular formula is C19H16BrClN2O2. The lowest BCUT2D eigenvalue weighted by Crippen LogP contribution is -2.45. The van der Waals surface area contributed by atoms with Gasteiger partial charge in [0.1, 0.15) is 6.04 Å². The van der Waals surface area contributed by atoms with E-state index in [0.717, 1.165) is 32.2 Å². The molecule has 1 aliphatic rings. The molecule has 0 radical (unpaired) electrons. The molecule has 0 saturated heterocycles. The lowest BCUT2D eigenvalue weighted by Gasteiger charge is -2.30. The molecule has 128 valence electrons. The summed E-state index contributed by atoms with van der Waals surface area (Å²) in [6.07, 6.45) is 0.565. The summed E-state index contributed by atoms with van der Waals surface area (Å²) in [7, 11) is 1.42. The van der Waals surface area contributed by atoms with Gasteiger partial charge in [-0.15, -0.1) is 0 Å². The number of esters is 1. The van der Waals surface area contributed by atoms with E-state index in [2.05, 4.69) is 26.2 Å². The Morgan fingerprint density at radius 2 is 2.00 bits per heavy atom. The molecule has 2 heterocycles. The number of hydrogen-bond donors (Lipinski definition) is 2. The number of ether oxygens (including phenoxy) is 1. The van der Waals surface area contributed by atoms with Crippen molar-refractivity contribution in [3.05, 3.63) is 68.8 Å². The van der Waals surface area contributed by atoms with Crippen LogP contribution in [0.2, 0.25) is 5.02 Å². The molecule has 1 aromatic heterocycles. The average Bonchev–Trinajstić information content (AvgIpc) is 2.99. The quantitative estimate of drug-likeness (QED) is 0.607. The predicted molar refractivity (Wildman–Crippen MR) is 102 cm³/mol. The maximum absolute atomic E-state index is 12.2. The third kappa shape index (κ3) is 2.97. The van der Waals surface area contributed by atoms with E-state index in [0.29, 0.717) is 11.4 Å². The van der Waals surface area contributed by atoms with Gasteiger partial charge in [0.05, 0.1) is 13.2 Å². The number of halogens is 2. The molecule has 2 N–H and O–H groups in total. The topological polar surface area (TPSA) is 54.1 Å². The fraction of sp³-hybridized carbons (Fsp3) is 0.211. The van der Waals surface area contributed by atoms with Crippen LogP contribution in [0.5, 0.6) is 0 Å². The summed E-state index contributed by atoms with van der Waals surface area (Å²) in [6.45, 7) is 0. The molecule has 0 amide bonds. The number of aromatic amines is 1. The van der Waals surface area contributed by atoms with Crippen LogP contribution in [0.25, 0.3) is 10.9 Å². The number of methoxy groups -OCH3 is 1. The van der Waals surface area contributed by atoms with Crippen LogP contribution < -0.4 is 5.32 Å². The molecule has 0 fully saturated rings. The Bertz CT molecular complexity index is 952. The third-order valence-electron chi connectivity index (χ3n) is 4.66. The molecule has 2 unspecified atom stereocenters. The SMILES string of the molecule is COC(=O)C1Cc2c([nH]c3ccc(Cl)cc23)C(c2ccc(Br)cc2)N1. The van der Waals surface area contributed by atoms with E-state index < -0.39 is 6.04 Å². The van der Waals surface area contributed by atoms with Gasteiger partial charge in [-0.1, -0.05) is 39.7 Å². The Morgan fingerprint density at radius 1 is 1.24 bits per heavy atom. The van der Waals surface area contributed by atoms with Crippen LogP contribution in [0.3, 0.4) is 0 Å².